The lowest BCUT2D eigenvalue weighted by Crippen LogP contribution is -2.47. The molecule has 0 radical (unpaired) electrons. The molecule has 108 valence electrons. The fourth-order valence-electron chi connectivity index (χ4n) is 1.68. The average Bonchev–Trinajstić information content (AvgIpc) is 3.13. The average molecular weight is 271 g/mol. The van der Waals surface area contributed by atoms with Gasteiger partial charge in [-0.15, -0.1) is 0 Å². The first-order valence-electron chi connectivity index (χ1n) is 6.58. The molecule has 1 rings (SSSR count). The van der Waals surface area contributed by atoms with Gasteiger partial charge < -0.3 is 10.4 Å². The summed E-state index contributed by atoms with van der Waals surface area (Å²) in [4.78, 5) is 33.6. The third kappa shape index (κ3) is 6.19. The summed E-state index contributed by atoms with van der Waals surface area (Å²) in [5.74, 6) is -1.38. The molecule has 0 bridgehead atoms. The quantitative estimate of drug-likeness (QED) is 0.467. The number of amides is 3. The van der Waals surface area contributed by atoms with Gasteiger partial charge in [-0.2, -0.15) is 0 Å². The summed E-state index contributed by atoms with van der Waals surface area (Å²) in [6.45, 7) is 2.34. The van der Waals surface area contributed by atoms with E-state index in [0.29, 0.717) is 6.54 Å². The molecule has 4 N–H and O–H groups in total. The Kier molecular flexibility index (Phi) is 6.27. The predicted octanol–water partition coefficient (Wildman–Crippen LogP) is 0.0651. The fraction of sp³-hybridized carbons (Fsp3) is 0.750. The minimum atomic E-state index is -0.956. The van der Waals surface area contributed by atoms with Crippen LogP contribution in [-0.4, -0.2) is 42.1 Å². The van der Waals surface area contributed by atoms with E-state index in [0.717, 1.165) is 25.7 Å². The van der Waals surface area contributed by atoms with E-state index in [4.69, 9.17) is 5.11 Å². The van der Waals surface area contributed by atoms with E-state index in [9.17, 15) is 14.4 Å². The molecule has 1 aliphatic rings. The molecule has 0 spiro atoms. The van der Waals surface area contributed by atoms with Gasteiger partial charge in [-0.25, -0.2) is 4.79 Å². The molecular formula is C12H21N3O4. The monoisotopic (exact) mass is 271 g/mol. The van der Waals surface area contributed by atoms with Crippen molar-refractivity contribution >= 4 is 17.9 Å². The van der Waals surface area contributed by atoms with Crippen molar-refractivity contribution in [1.29, 1.82) is 0 Å². The zero-order valence-electron chi connectivity index (χ0n) is 11.1. The smallest absolute Gasteiger partial charge is 0.321 e. The molecule has 0 aliphatic heterocycles. The van der Waals surface area contributed by atoms with Gasteiger partial charge in [0.2, 0.25) is 5.91 Å². The maximum Gasteiger partial charge on any atom is 0.321 e. The number of imide groups is 1. The summed E-state index contributed by atoms with van der Waals surface area (Å²) >= 11 is 0. The molecular weight excluding hydrogens is 250 g/mol. The molecule has 1 fully saturated rings. The number of hydrogen-bond donors (Lipinski definition) is 4. The van der Waals surface area contributed by atoms with E-state index in [1.54, 1.807) is 0 Å². The Balaban J connectivity index is 2.19. The Labute approximate surface area is 112 Å². The van der Waals surface area contributed by atoms with Gasteiger partial charge in [-0.05, 0) is 25.2 Å². The molecule has 1 saturated carbocycles. The van der Waals surface area contributed by atoms with Gasteiger partial charge in [0.1, 0.15) is 6.04 Å². The Hall–Kier alpha value is -1.63. The van der Waals surface area contributed by atoms with Crippen LogP contribution in [0.25, 0.3) is 0 Å². The lowest BCUT2D eigenvalue weighted by Gasteiger charge is -2.13. The van der Waals surface area contributed by atoms with Crippen LogP contribution in [0.1, 0.15) is 32.6 Å². The highest BCUT2D eigenvalue weighted by Gasteiger charge is 2.36. The number of urea groups is 1. The number of rotatable bonds is 8. The van der Waals surface area contributed by atoms with Crippen LogP contribution in [-0.2, 0) is 9.59 Å². The van der Waals surface area contributed by atoms with E-state index < -0.39 is 23.9 Å². The zero-order chi connectivity index (χ0) is 14.3. The number of carbonyl (C=O) groups excluding carboxylic acids is 2. The molecule has 3 amide bonds. The van der Waals surface area contributed by atoms with Gasteiger partial charge in [0, 0.05) is 6.54 Å². The Bertz CT molecular complexity index is 342. The largest absolute Gasteiger partial charge is 0.480 e. The van der Waals surface area contributed by atoms with Crippen molar-refractivity contribution in [3.8, 4) is 0 Å². The van der Waals surface area contributed by atoms with E-state index in [1.165, 1.54) is 0 Å². The summed E-state index contributed by atoms with van der Waals surface area (Å²) in [6, 6.07) is -1.24. The lowest BCUT2D eigenvalue weighted by atomic mass is 10.2. The minimum absolute atomic E-state index is 0.101. The molecule has 0 saturated heterocycles. The second-order valence-electron chi connectivity index (χ2n) is 4.69. The van der Waals surface area contributed by atoms with Crippen molar-refractivity contribution < 1.29 is 19.5 Å². The Morgan fingerprint density at radius 3 is 2.53 bits per heavy atom. The normalized spacial score (nSPS) is 15.6. The maximum atomic E-state index is 11.4. The van der Waals surface area contributed by atoms with Gasteiger partial charge >= 0.3 is 12.0 Å². The van der Waals surface area contributed by atoms with E-state index in [1.807, 2.05) is 6.92 Å². The van der Waals surface area contributed by atoms with Gasteiger partial charge in [-0.3, -0.25) is 20.2 Å². The molecule has 0 heterocycles. The van der Waals surface area contributed by atoms with Crippen LogP contribution in [0.15, 0.2) is 0 Å². The second-order valence-corrected chi connectivity index (χ2v) is 4.69. The lowest BCUT2D eigenvalue weighted by molar-refractivity contribution is -0.140. The summed E-state index contributed by atoms with van der Waals surface area (Å²) < 4.78 is 0. The number of hydrogen-bond acceptors (Lipinski definition) is 4. The first-order valence-corrected chi connectivity index (χ1v) is 6.58. The van der Waals surface area contributed by atoms with Crippen molar-refractivity contribution in [3.05, 3.63) is 0 Å². The Morgan fingerprint density at radius 1 is 1.32 bits per heavy atom. The second kappa shape index (κ2) is 7.73. The molecule has 1 aliphatic carbocycles. The van der Waals surface area contributed by atoms with Gasteiger partial charge in [0.25, 0.3) is 0 Å². The standard InChI is InChI=1S/C12H21N3O4/c1-2-3-6-13-12(19)15-9(16)7-14-10(11(17)18)8-4-5-8/h8,10,14H,2-7H2,1H3,(H,17,18)(H2,13,15,16,19). The molecule has 0 aromatic rings. The summed E-state index contributed by atoms with van der Waals surface area (Å²) in [7, 11) is 0. The van der Waals surface area contributed by atoms with Crippen molar-refractivity contribution in [2.75, 3.05) is 13.1 Å². The number of unbranched alkanes of at least 4 members (excludes halogenated alkanes) is 1. The molecule has 0 aromatic carbocycles. The van der Waals surface area contributed by atoms with Crippen molar-refractivity contribution in [2.45, 2.75) is 38.6 Å². The molecule has 0 aromatic heterocycles. The van der Waals surface area contributed by atoms with E-state index in [-0.39, 0.29) is 12.5 Å². The van der Waals surface area contributed by atoms with Crippen molar-refractivity contribution in [1.82, 2.24) is 16.0 Å². The van der Waals surface area contributed by atoms with Crippen LogP contribution in [0, 0.1) is 5.92 Å². The molecule has 19 heavy (non-hydrogen) atoms. The third-order valence-electron chi connectivity index (χ3n) is 2.91. The first-order chi connectivity index (χ1) is 9.04. The fourth-order valence-corrected chi connectivity index (χ4v) is 1.68. The predicted molar refractivity (Wildman–Crippen MR) is 68.6 cm³/mol. The topological polar surface area (TPSA) is 108 Å². The highest BCUT2D eigenvalue weighted by Crippen LogP contribution is 2.32. The number of carbonyl (C=O) groups is 3. The van der Waals surface area contributed by atoms with Gasteiger partial charge in [-0.1, -0.05) is 13.3 Å². The van der Waals surface area contributed by atoms with Gasteiger partial charge in [0.05, 0.1) is 6.54 Å². The first kappa shape index (κ1) is 15.4. The van der Waals surface area contributed by atoms with Crippen LogP contribution in [0.5, 0.6) is 0 Å². The van der Waals surface area contributed by atoms with Crippen LogP contribution in [0.3, 0.4) is 0 Å². The Morgan fingerprint density at radius 2 is 2.00 bits per heavy atom. The SMILES string of the molecule is CCCCNC(=O)NC(=O)CNC(C(=O)O)C1CC1. The van der Waals surface area contributed by atoms with Crippen LogP contribution in [0.2, 0.25) is 0 Å². The highest BCUT2D eigenvalue weighted by atomic mass is 16.4. The summed E-state index contributed by atoms with van der Waals surface area (Å²) in [5, 5.41) is 16.3. The number of carboxylic acid groups (broad SMARTS) is 1. The van der Waals surface area contributed by atoms with Crippen molar-refractivity contribution in [3.63, 3.8) is 0 Å². The van der Waals surface area contributed by atoms with E-state index in [2.05, 4.69) is 16.0 Å². The maximum absolute atomic E-state index is 11.4. The summed E-state index contributed by atoms with van der Waals surface area (Å²) in [6.07, 6.45) is 3.53. The molecule has 1 atom stereocenters. The number of nitrogens with one attached hydrogen (secondary N) is 3. The molecule has 7 heteroatoms. The van der Waals surface area contributed by atoms with Crippen LogP contribution >= 0.6 is 0 Å². The van der Waals surface area contributed by atoms with E-state index >= 15 is 0 Å². The highest BCUT2D eigenvalue weighted by molar-refractivity contribution is 5.95. The van der Waals surface area contributed by atoms with Gasteiger partial charge in [0.15, 0.2) is 0 Å². The van der Waals surface area contributed by atoms with Crippen molar-refractivity contribution in [2.24, 2.45) is 5.92 Å². The van der Waals surface area contributed by atoms with Crippen LogP contribution < -0.4 is 16.0 Å². The number of aliphatic carboxylic acids is 1. The number of carboxylic acids is 1. The zero-order valence-corrected chi connectivity index (χ0v) is 11.1. The minimum Gasteiger partial charge on any atom is -0.480 e. The van der Waals surface area contributed by atoms with Crippen LogP contribution in [0.4, 0.5) is 4.79 Å². The third-order valence-corrected chi connectivity index (χ3v) is 2.91. The molecule has 1 unspecified atom stereocenters. The molecule has 7 nitrogen and oxygen atoms in total. The summed E-state index contributed by atoms with van der Waals surface area (Å²) in [5.41, 5.74) is 0.